The molecule has 0 radical (unpaired) electrons. The molecule has 2 amide bonds. The third kappa shape index (κ3) is 4.92. The first-order chi connectivity index (χ1) is 13.9. The molecule has 1 aliphatic rings. The molecule has 152 valence electrons. The third-order valence-electron chi connectivity index (χ3n) is 4.15. The van der Waals surface area contributed by atoms with E-state index in [0.29, 0.717) is 35.1 Å². The molecule has 2 aromatic carbocycles. The molecule has 5 nitrogen and oxygen atoms in total. The molecule has 29 heavy (non-hydrogen) atoms. The van der Waals surface area contributed by atoms with Gasteiger partial charge in [0.25, 0.3) is 11.1 Å². The Bertz CT molecular complexity index is 979. The zero-order valence-corrected chi connectivity index (χ0v) is 18.9. The molecule has 1 saturated heterocycles. The summed E-state index contributed by atoms with van der Waals surface area (Å²) in [5.74, 6) is 0.380. The van der Waals surface area contributed by atoms with Crippen molar-refractivity contribution in [2.24, 2.45) is 0 Å². The molecular weight excluding hydrogens is 508 g/mol. The van der Waals surface area contributed by atoms with Crippen molar-refractivity contribution in [2.45, 2.75) is 20.5 Å². The molecule has 0 N–H and O–H groups in total. The molecule has 1 aliphatic heterocycles. The number of nitrogens with zero attached hydrogens (tertiary/aromatic N) is 1. The van der Waals surface area contributed by atoms with Crippen molar-refractivity contribution in [1.29, 1.82) is 0 Å². The van der Waals surface area contributed by atoms with E-state index < -0.39 is 0 Å². The summed E-state index contributed by atoms with van der Waals surface area (Å²) in [7, 11) is 0. The van der Waals surface area contributed by atoms with Crippen molar-refractivity contribution in [2.75, 3.05) is 13.2 Å². The fourth-order valence-electron chi connectivity index (χ4n) is 2.76. The first-order valence-electron chi connectivity index (χ1n) is 9.02. The van der Waals surface area contributed by atoms with Gasteiger partial charge in [0.2, 0.25) is 0 Å². The van der Waals surface area contributed by atoms with Crippen LogP contribution in [-0.2, 0) is 11.4 Å². The highest BCUT2D eigenvalue weighted by atomic mass is 127. The maximum absolute atomic E-state index is 13.9. The standard InChI is InChI=1S/C21H19FINO4S/c1-3-24-20(25)18(29-21(24)26)11-13-9-16(23)19(17(10-13)27-4-2)28-12-14-7-5-6-8-15(14)22/h5-11H,3-4,12H2,1-2H3/b18-11+. The summed E-state index contributed by atoms with van der Waals surface area (Å²) in [6.45, 7) is 4.44. The zero-order valence-electron chi connectivity index (χ0n) is 15.9. The Balaban J connectivity index is 1.89. The average molecular weight is 527 g/mol. The zero-order chi connectivity index (χ0) is 21.0. The van der Waals surface area contributed by atoms with E-state index in [1.165, 1.54) is 11.0 Å². The van der Waals surface area contributed by atoms with E-state index in [-0.39, 0.29) is 23.6 Å². The van der Waals surface area contributed by atoms with E-state index >= 15 is 0 Å². The van der Waals surface area contributed by atoms with Crippen LogP contribution in [0.15, 0.2) is 41.3 Å². The third-order valence-corrected chi connectivity index (χ3v) is 5.86. The largest absolute Gasteiger partial charge is 0.490 e. The number of benzene rings is 2. The number of rotatable bonds is 7. The van der Waals surface area contributed by atoms with E-state index in [2.05, 4.69) is 22.6 Å². The molecule has 8 heteroatoms. The average Bonchev–Trinajstić information content (AvgIpc) is 2.95. The molecule has 0 bridgehead atoms. The molecule has 0 spiro atoms. The second kappa shape index (κ2) is 9.62. The number of imide groups is 1. The lowest BCUT2D eigenvalue weighted by atomic mass is 10.1. The fourth-order valence-corrected chi connectivity index (χ4v) is 4.45. The Kier molecular flexibility index (Phi) is 7.18. The lowest BCUT2D eigenvalue weighted by molar-refractivity contribution is -0.122. The second-order valence-electron chi connectivity index (χ2n) is 6.07. The monoisotopic (exact) mass is 527 g/mol. The van der Waals surface area contributed by atoms with E-state index in [1.54, 1.807) is 37.3 Å². The highest BCUT2D eigenvalue weighted by molar-refractivity contribution is 14.1. The SMILES string of the molecule is CCOc1cc(/C=C2/SC(=O)N(CC)C2=O)cc(I)c1OCc1ccccc1F. The van der Waals surface area contributed by atoms with E-state index in [9.17, 15) is 14.0 Å². The van der Waals surface area contributed by atoms with E-state index in [1.807, 2.05) is 13.0 Å². The van der Waals surface area contributed by atoms with Crippen LogP contribution >= 0.6 is 34.4 Å². The first kappa shape index (κ1) is 21.6. The lowest BCUT2D eigenvalue weighted by Gasteiger charge is -2.15. The second-order valence-corrected chi connectivity index (χ2v) is 8.22. The summed E-state index contributed by atoms with van der Waals surface area (Å²) < 4.78 is 26.2. The van der Waals surface area contributed by atoms with Gasteiger partial charge in [-0.25, -0.2) is 4.39 Å². The summed E-state index contributed by atoms with van der Waals surface area (Å²) in [5, 5.41) is -0.270. The minimum absolute atomic E-state index is 0.0669. The van der Waals surface area contributed by atoms with E-state index in [0.717, 1.165) is 20.9 Å². The summed E-state index contributed by atoms with van der Waals surface area (Å²) in [6.07, 6.45) is 1.67. The van der Waals surface area contributed by atoms with Gasteiger partial charge in [0.1, 0.15) is 12.4 Å². The number of ether oxygens (including phenoxy) is 2. The van der Waals surface area contributed by atoms with Gasteiger partial charge in [0, 0.05) is 12.1 Å². The van der Waals surface area contributed by atoms with Crippen LogP contribution in [0.1, 0.15) is 25.0 Å². The Labute approximate surface area is 186 Å². The number of halogens is 2. The fraction of sp³-hybridized carbons (Fsp3) is 0.238. The van der Waals surface area contributed by atoms with Gasteiger partial charge < -0.3 is 9.47 Å². The number of thioether (sulfide) groups is 1. The molecule has 3 rings (SSSR count). The smallest absolute Gasteiger partial charge is 0.293 e. The van der Waals surface area contributed by atoms with Crippen LogP contribution in [0.2, 0.25) is 0 Å². The molecule has 0 saturated carbocycles. The molecule has 0 atom stereocenters. The van der Waals surface area contributed by atoms with Crippen molar-refractivity contribution >= 4 is 51.6 Å². The van der Waals surface area contributed by atoms with Crippen LogP contribution in [0.25, 0.3) is 6.08 Å². The maximum atomic E-state index is 13.9. The van der Waals surface area contributed by atoms with Gasteiger partial charge in [-0.1, -0.05) is 18.2 Å². The van der Waals surface area contributed by atoms with Crippen LogP contribution < -0.4 is 9.47 Å². The summed E-state index contributed by atoms with van der Waals surface area (Å²) in [5.41, 5.74) is 1.17. The summed E-state index contributed by atoms with van der Waals surface area (Å²) in [4.78, 5) is 25.8. The van der Waals surface area contributed by atoms with Crippen molar-refractivity contribution in [3.05, 3.63) is 61.8 Å². The van der Waals surface area contributed by atoms with Gasteiger partial charge >= 0.3 is 0 Å². The molecule has 2 aromatic rings. The highest BCUT2D eigenvalue weighted by Gasteiger charge is 2.33. The number of hydrogen-bond donors (Lipinski definition) is 0. The normalized spacial score (nSPS) is 15.3. The van der Waals surface area contributed by atoms with Gasteiger partial charge in [0.05, 0.1) is 15.1 Å². The molecule has 0 unspecified atom stereocenters. The van der Waals surface area contributed by atoms with Crippen molar-refractivity contribution < 1.29 is 23.5 Å². The van der Waals surface area contributed by atoms with Crippen LogP contribution in [0, 0.1) is 9.39 Å². The summed E-state index contributed by atoms with van der Waals surface area (Å²) >= 11 is 3.03. The summed E-state index contributed by atoms with van der Waals surface area (Å²) in [6, 6.07) is 10.0. The Morgan fingerprint density at radius 2 is 1.93 bits per heavy atom. The van der Waals surface area contributed by atoms with E-state index in [4.69, 9.17) is 9.47 Å². The lowest BCUT2D eigenvalue weighted by Crippen LogP contribution is -2.27. The first-order valence-corrected chi connectivity index (χ1v) is 10.9. The van der Waals surface area contributed by atoms with Crippen molar-refractivity contribution in [1.82, 2.24) is 4.90 Å². The van der Waals surface area contributed by atoms with Gasteiger partial charge in [-0.3, -0.25) is 14.5 Å². The quantitative estimate of drug-likeness (QED) is 0.354. The molecule has 0 aromatic heterocycles. The van der Waals surface area contributed by atoms with Crippen molar-refractivity contribution in [3.63, 3.8) is 0 Å². The van der Waals surface area contributed by atoms with Gasteiger partial charge in [-0.2, -0.15) is 0 Å². The highest BCUT2D eigenvalue weighted by Crippen LogP contribution is 2.37. The van der Waals surface area contributed by atoms with Crippen LogP contribution in [0.5, 0.6) is 11.5 Å². The Morgan fingerprint density at radius 1 is 1.17 bits per heavy atom. The maximum Gasteiger partial charge on any atom is 0.293 e. The molecule has 0 aliphatic carbocycles. The predicted molar refractivity (Wildman–Crippen MR) is 119 cm³/mol. The molecular formula is C21H19FINO4S. The number of hydrogen-bond acceptors (Lipinski definition) is 5. The number of carbonyl (C=O) groups excluding carboxylic acids is 2. The van der Waals surface area contributed by atoms with Gasteiger partial charge in [0.15, 0.2) is 11.5 Å². The number of likely N-dealkylation sites (N-methyl/N-ethyl adjacent to an activating group) is 1. The minimum Gasteiger partial charge on any atom is -0.490 e. The van der Waals surface area contributed by atoms with Crippen LogP contribution in [0.4, 0.5) is 9.18 Å². The topological polar surface area (TPSA) is 55.8 Å². The predicted octanol–water partition coefficient (Wildman–Crippen LogP) is 5.46. The van der Waals surface area contributed by atoms with Crippen LogP contribution in [-0.4, -0.2) is 29.2 Å². The van der Waals surface area contributed by atoms with Crippen molar-refractivity contribution in [3.8, 4) is 11.5 Å². The van der Waals surface area contributed by atoms with Gasteiger partial charge in [-0.05, 0) is 78.0 Å². The number of carbonyl (C=O) groups is 2. The van der Waals surface area contributed by atoms with Gasteiger partial charge in [-0.15, -0.1) is 0 Å². The molecule has 1 heterocycles. The Hall–Kier alpha value is -2.07. The number of amides is 2. The molecule has 1 fully saturated rings. The van der Waals surface area contributed by atoms with Crippen LogP contribution in [0.3, 0.4) is 0 Å². The minimum atomic E-state index is -0.330. The Morgan fingerprint density at radius 3 is 2.59 bits per heavy atom.